The van der Waals surface area contributed by atoms with Crippen molar-refractivity contribution in [3.63, 3.8) is 0 Å². The largest absolute Gasteiger partial charge is 0.396 e. The Morgan fingerprint density at radius 3 is 2.79 bits per heavy atom. The summed E-state index contributed by atoms with van der Waals surface area (Å²) >= 11 is 0. The third-order valence-electron chi connectivity index (χ3n) is 3.99. The fourth-order valence-electron chi connectivity index (χ4n) is 3.09. The molecule has 1 aliphatic heterocycles. The van der Waals surface area contributed by atoms with E-state index in [4.69, 9.17) is 5.73 Å². The topological polar surface area (TPSA) is 75.3 Å². The van der Waals surface area contributed by atoms with Crippen molar-refractivity contribution in [2.45, 2.75) is 39.2 Å². The third-order valence-corrected chi connectivity index (χ3v) is 3.99. The number of nitrogens with two attached hydrogens (primary N) is 1. The molecule has 0 amide bonds. The molecular formula is C14H24N4O. The zero-order valence-corrected chi connectivity index (χ0v) is 11.7. The molecule has 0 radical (unpaired) electrons. The van der Waals surface area contributed by atoms with Crippen LogP contribution in [0.1, 0.15) is 38.2 Å². The molecular weight excluding hydrogens is 240 g/mol. The van der Waals surface area contributed by atoms with E-state index >= 15 is 0 Å². The lowest BCUT2D eigenvalue weighted by atomic mass is 9.77. The second-order valence-electron chi connectivity index (χ2n) is 5.67. The number of hydrogen-bond acceptors (Lipinski definition) is 5. The molecule has 2 rings (SSSR count). The van der Waals surface area contributed by atoms with Gasteiger partial charge in [-0.25, -0.2) is 9.97 Å². The lowest BCUT2D eigenvalue weighted by Crippen LogP contribution is -2.44. The Labute approximate surface area is 114 Å². The molecule has 1 atom stereocenters. The van der Waals surface area contributed by atoms with Gasteiger partial charge in [-0.15, -0.1) is 0 Å². The Balaban J connectivity index is 1.99. The van der Waals surface area contributed by atoms with Gasteiger partial charge in [-0.1, -0.05) is 13.3 Å². The van der Waals surface area contributed by atoms with Gasteiger partial charge in [-0.05, 0) is 25.8 Å². The minimum Gasteiger partial charge on any atom is -0.396 e. The van der Waals surface area contributed by atoms with Gasteiger partial charge in [0.15, 0.2) is 0 Å². The summed E-state index contributed by atoms with van der Waals surface area (Å²) in [6.45, 7) is 5.35. The molecule has 0 saturated carbocycles. The SMILES string of the molecule is CCCC1(CO)CCCN(Cc2cnc(N)nc2)C1. The Morgan fingerprint density at radius 2 is 2.16 bits per heavy atom. The first kappa shape index (κ1) is 14.2. The summed E-state index contributed by atoms with van der Waals surface area (Å²) in [6, 6.07) is 0. The number of rotatable bonds is 5. The molecule has 1 saturated heterocycles. The lowest BCUT2D eigenvalue weighted by Gasteiger charge is -2.42. The average Bonchev–Trinajstić information content (AvgIpc) is 2.42. The van der Waals surface area contributed by atoms with Crippen LogP contribution in [0.25, 0.3) is 0 Å². The fraction of sp³-hybridized carbons (Fsp3) is 0.714. The zero-order valence-electron chi connectivity index (χ0n) is 11.7. The van der Waals surface area contributed by atoms with Crippen LogP contribution < -0.4 is 5.73 Å². The molecule has 5 heteroatoms. The minimum atomic E-state index is 0.0850. The first-order valence-electron chi connectivity index (χ1n) is 7.07. The molecule has 1 aromatic heterocycles. The number of likely N-dealkylation sites (tertiary alicyclic amines) is 1. The molecule has 1 unspecified atom stereocenters. The summed E-state index contributed by atoms with van der Waals surface area (Å²) in [6.07, 6.45) is 8.08. The van der Waals surface area contributed by atoms with Crippen LogP contribution >= 0.6 is 0 Å². The van der Waals surface area contributed by atoms with Crippen molar-refractivity contribution in [2.24, 2.45) is 5.41 Å². The van der Waals surface area contributed by atoms with Gasteiger partial charge in [0.1, 0.15) is 0 Å². The average molecular weight is 264 g/mol. The number of aliphatic hydroxyl groups excluding tert-OH is 1. The van der Waals surface area contributed by atoms with Crippen molar-refractivity contribution in [3.05, 3.63) is 18.0 Å². The first-order chi connectivity index (χ1) is 9.17. The number of piperidine rings is 1. The highest BCUT2D eigenvalue weighted by Crippen LogP contribution is 2.34. The van der Waals surface area contributed by atoms with Crippen LogP contribution in [0.5, 0.6) is 0 Å². The summed E-state index contributed by atoms with van der Waals surface area (Å²) in [7, 11) is 0. The Morgan fingerprint density at radius 1 is 1.42 bits per heavy atom. The van der Waals surface area contributed by atoms with E-state index in [0.29, 0.717) is 5.95 Å². The maximum Gasteiger partial charge on any atom is 0.219 e. The lowest BCUT2D eigenvalue weighted by molar-refractivity contribution is 0.0215. The standard InChI is InChI=1S/C14H24N4O/c1-2-4-14(11-19)5-3-6-18(10-14)9-12-7-16-13(15)17-8-12/h7-8,19H,2-6,9-11H2,1H3,(H2,15,16,17). The second kappa shape index (κ2) is 6.30. The number of hydrogen-bond donors (Lipinski definition) is 2. The number of nitrogen functional groups attached to an aromatic ring is 1. The van der Waals surface area contributed by atoms with Gasteiger partial charge in [0.25, 0.3) is 0 Å². The van der Waals surface area contributed by atoms with Crippen LogP contribution in [0, 0.1) is 5.41 Å². The highest BCUT2D eigenvalue weighted by molar-refractivity contribution is 5.17. The predicted octanol–water partition coefficient (Wildman–Crippen LogP) is 1.43. The molecule has 1 fully saturated rings. The smallest absolute Gasteiger partial charge is 0.219 e. The van der Waals surface area contributed by atoms with Crippen molar-refractivity contribution < 1.29 is 5.11 Å². The van der Waals surface area contributed by atoms with Gasteiger partial charge in [0.05, 0.1) is 0 Å². The molecule has 0 aliphatic carbocycles. The quantitative estimate of drug-likeness (QED) is 0.841. The van der Waals surface area contributed by atoms with E-state index in [-0.39, 0.29) is 12.0 Å². The molecule has 2 heterocycles. The van der Waals surface area contributed by atoms with Crippen LogP contribution in [0.4, 0.5) is 5.95 Å². The maximum absolute atomic E-state index is 9.73. The molecule has 0 aromatic carbocycles. The van der Waals surface area contributed by atoms with Crippen molar-refractivity contribution in [1.29, 1.82) is 0 Å². The Kier molecular flexibility index (Phi) is 4.71. The van der Waals surface area contributed by atoms with Crippen LogP contribution in [0.2, 0.25) is 0 Å². The highest BCUT2D eigenvalue weighted by atomic mass is 16.3. The minimum absolute atomic E-state index is 0.0850. The van der Waals surface area contributed by atoms with E-state index in [2.05, 4.69) is 21.8 Å². The molecule has 1 aliphatic rings. The number of aliphatic hydroxyl groups is 1. The summed E-state index contributed by atoms with van der Waals surface area (Å²) in [5, 5.41) is 9.73. The van der Waals surface area contributed by atoms with Gasteiger partial charge >= 0.3 is 0 Å². The van der Waals surface area contributed by atoms with Crippen LogP contribution in [-0.2, 0) is 6.54 Å². The Hall–Kier alpha value is -1.20. The number of nitrogens with zero attached hydrogens (tertiary/aromatic N) is 3. The highest BCUT2D eigenvalue weighted by Gasteiger charge is 2.33. The van der Waals surface area contributed by atoms with E-state index < -0.39 is 0 Å². The van der Waals surface area contributed by atoms with E-state index in [9.17, 15) is 5.11 Å². The molecule has 1 aromatic rings. The molecule has 106 valence electrons. The Bertz CT molecular complexity index is 391. The van der Waals surface area contributed by atoms with Gasteiger partial charge < -0.3 is 10.8 Å². The van der Waals surface area contributed by atoms with E-state index in [1.54, 1.807) is 12.4 Å². The molecule has 0 spiro atoms. The van der Waals surface area contributed by atoms with Crippen molar-refractivity contribution in [3.8, 4) is 0 Å². The second-order valence-corrected chi connectivity index (χ2v) is 5.67. The van der Waals surface area contributed by atoms with Gasteiger partial charge in [0.2, 0.25) is 5.95 Å². The summed E-state index contributed by atoms with van der Waals surface area (Å²) in [5.41, 5.74) is 6.66. The van der Waals surface area contributed by atoms with Crippen LogP contribution in [0.15, 0.2) is 12.4 Å². The third kappa shape index (κ3) is 3.64. The summed E-state index contributed by atoms with van der Waals surface area (Å²) < 4.78 is 0. The normalized spacial score (nSPS) is 24.5. The molecule has 3 N–H and O–H groups in total. The monoisotopic (exact) mass is 264 g/mol. The van der Waals surface area contributed by atoms with Gasteiger partial charge in [-0.3, -0.25) is 4.90 Å². The van der Waals surface area contributed by atoms with Gasteiger partial charge in [0, 0.05) is 43.1 Å². The molecule has 5 nitrogen and oxygen atoms in total. The first-order valence-corrected chi connectivity index (χ1v) is 7.07. The van der Waals surface area contributed by atoms with Gasteiger partial charge in [-0.2, -0.15) is 0 Å². The van der Waals surface area contributed by atoms with Crippen molar-refractivity contribution in [1.82, 2.24) is 14.9 Å². The number of anilines is 1. The molecule has 19 heavy (non-hydrogen) atoms. The zero-order chi connectivity index (χ0) is 13.7. The summed E-state index contributed by atoms with van der Waals surface area (Å²) in [4.78, 5) is 10.4. The molecule has 0 bridgehead atoms. The predicted molar refractivity (Wildman–Crippen MR) is 75.4 cm³/mol. The van der Waals surface area contributed by atoms with E-state index in [1.165, 1.54) is 0 Å². The van der Waals surface area contributed by atoms with Crippen molar-refractivity contribution >= 4 is 5.95 Å². The van der Waals surface area contributed by atoms with Crippen LogP contribution in [0.3, 0.4) is 0 Å². The number of aromatic nitrogens is 2. The fourth-order valence-corrected chi connectivity index (χ4v) is 3.09. The van der Waals surface area contributed by atoms with Crippen molar-refractivity contribution in [2.75, 3.05) is 25.4 Å². The van der Waals surface area contributed by atoms with Crippen LogP contribution in [-0.4, -0.2) is 39.7 Å². The summed E-state index contributed by atoms with van der Waals surface area (Å²) in [5.74, 6) is 0.318. The maximum atomic E-state index is 9.73. The van der Waals surface area contributed by atoms with E-state index in [1.807, 2.05) is 0 Å². The van der Waals surface area contributed by atoms with E-state index in [0.717, 1.165) is 50.9 Å².